The number of aromatic nitrogens is 1. The summed E-state index contributed by atoms with van der Waals surface area (Å²) in [7, 11) is 0. The Kier molecular flexibility index (Phi) is 3.29. The largest absolute Gasteiger partial charge is 0.314 e. The summed E-state index contributed by atoms with van der Waals surface area (Å²) in [5.74, 6) is 0.628. The van der Waals surface area contributed by atoms with E-state index in [1.54, 1.807) is 0 Å². The molecule has 0 aromatic carbocycles. The molecule has 0 bridgehead atoms. The van der Waals surface area contributed by atoms with E-state index in [9.17, 15) is 0 Å². The van der Waals surface area contributed by atoms with Gasteiger partial charge in [-0.15, -0.1) is 0 Å². The Bertz CT molecular complexity index is 336. The van der Waals surface area contributed by atoms with Crippen LogP contribution in [0.1, 0.15) is 45.2 Å². The Hall–Kier alpha value is -0.890. The minimum atomic E-state index is 0.379. The molecule has 2 rings (SSSR count). The number of nitrogens with zero attached hydrogens (tertiary/aromatic N) is 1. The van der Waals surface area contributed by atoms with Gasteiger partial charge in [0.2, 0.25) is 0 Å². The highest BCUT2D eigenvalue weighted by Crippen LogP contribution is 2.54. The molecule has 1 aromatic heterocycles. The van der Waals surface area contributed by atoms with Gasteiger partial charge in [-0.2, -0.15) is 0 Å². The highest BCUT2D eigenvalue weighted by atomic mass is 15.0. The highest BCUT2D eigenvalue weighted by Gasteiger charge is 2.50. The van der Waals surface area contributed by atoms with Crippen LogP contribution in [0, 0.1) is 5.41 Å². The molecule has 1 heterocycles. The van der Waals surface area contributed by atoms with Crippen molar-refractivity contribution in [2.24, 2.45) is 5.41 Å². The number of pyridine rings is 1. The number of hydrogen-bond acceptors (Lipinski definition) is 2. The van der Waals surface area contributed by atoms with Gasteiger partial charge in [-0.05, 0) is 36.9 Å². The summed E-state index contributed by atoms with van der Waals surface area (Å²) in [6.07, 6.45) is 4.35. The van der Waals surface area contributed by atoms with Crippen molar-refractivity contribution in [2.75, 3.05) is 6.54 Å². The van der Waals surface area contributed by atoms with Crippen molar-refractivity contribution in [3.05, 3.63) is 30.1 Å². The van der Waals surface area contributed by atoms with Crippen LogP contribution in [0.5, 0.6) is 0 Å². The van der Waals surface area contributed by atoms with Crippen molar-refractivity contribution in [1.29, 1.82) is 0 Å². The van der Waals surface area contributed by atoms with Crippen LogP contribution in [0.25, 0.3) is 0 Å². The Morgan fingerprint density at radius 3 is 2.81 bits per heavy atom. The van der Waals surface area contributed by atoms with Crippen LogP contribution in [-0.2, 0) is 0 Å². The van der Waals surface area contributed by atoms with Gasteiger partial charge in [0.05, 0.1) is 0 Å². The van der Waals surface area contributed by atoms with Gasteiger partial charge < -0.3 is 5.32 Å². The monoisotopic (exact) mass is 218 g/mol. The molecule has 0 aliphatic heterocycles. The van der Waals surface area contributed by atoms with Gasteiger partial charge in [-0.1, -0.05) is 26.8 Å². The van der Waals surface area contributed by atoms with Crippen molar-refractivity contribution < 1.29 is 0 Å². The van der Waals surface area contributed by atoms with Crippen molar-refractivity contribution in [3.63, 3.8) is 0 Å². The Morgan fingerprint density at radius 2 is 2.25 bits per heavy atom. The molecule has 0 amide bonds. The molecule has 0 spiro atoms. The first-order valence-corrected chi connectivity index (χ1v) is 6.36. The lowest BCUT2D eigenvalue weighted by Gasteiger charge is -2.54. The molecule has 2 heteroatoms. The molecule has 1 aromatic rings. The molecular weight excluding hydrogens is 196 g/mol. The molecule has 3 unspecified atom stereocenters. The van der Waals surface area contributed by atoms with Crippen LogP contribution in [0.15, 0.2) is 24.4 Å². The number of hydrogen-bond donors (Lipinski definition) is 1. The molecule has 1 N–H and O–H groups in total. The van der Waals surface area contributed by atoms with Gasteiger partial charge >= 0.3 is 0 Å². The Morgan fingerprint density at radius 1 is 1.44 bits per heavy atom. The summed E-state index contributed by atoms with van der Waals surface area (Å²) in [5, 5.41) is 3.60. The maximum Gasteiger partial charge on any atom is 0.0441 e. The standard InChI is InChI=1S/C14H22N2/c1-4-14(3)11(10-13(14)15-5-2)12-8-6-7-9-16-12/h6-9,11,13,15H,4-5,10H2,1-3H3. The van der Waals surface area contributed by atoms with Crippen LogP contribution < -0.4 is 5.32 Å². The topological polar surface area (TPSA) is 24.9 Å². The van der Waals surface area contributed by atoms with Crippen molar-refractivity contribution in [3.8, 4) is 0 Å². The summed E-state index contributed by atoms with van der Waals surface area (Å²) in [6, 6.07) is 6.92. The second-order valence-electron chi connectivity index (χ2n) is 5.01. The third kappa shape index (κ3) is 1.75. The molecule has 2 nitrogen and oxygen atoms in total. The molecular formula is C14H22N2. The highest BCUT2D eigenvalue weighted by molar-refractivity contribution is 5.21. The fraction of sp³-hybridized carbons (Fsp3) is 0.643. The SMILES string of the molecule is CCNC1CC(c2ccccn2)C1(C)CC. The predicted molar refractivity (Wildman–Crippen MR) is 67.5 cm³/mol. The number of rotatable bonds is 4. The average Bonchev–Trinajstić information content (AvgIpc) is 2.34. The summed E-state index contributed by atoms with van der Waals surface area (Å²) >= 11 is 0. The first kappa shape index (κ1) is 11.6. The van der Waals surface area contributed by atoms with Crippen LogP contribution in [0.2, 0.25) is 0 Å². The summed E-state index contributed by atoms with van der Waals surface area (Å²) in [6.45, 7) is 7.93. The van der Waals surface area contributed by atoms with E-state index in [4.69, 9.17) is 0 Å². The second kappa shape index (κ2) is 4.54. The number of nitrogens with one attached hydrogen (secondary N) is 1. The van der Waals surface area contributed by atoms with E-state index in [1.165, 1.54) is 18.5 Å². The van der Waals surface area contributed by atoms with Crippen LogP contribution in [0.3, 0.4) is 0 Å². The molecule has 1 fully saturated rings. The molecule has 3 atom stereocenters. The average molecular weight is 218 g/mol. The fourth-order valence-corrected chi connectivity index (χ4v) is 2.95. The van der Waals surface area contributed by atoms with Crippen molar-refractivity contribution in [1.82, 2.24) is 10.3 Å². The van der Waals surface area contributed by atoms with E-state index in [0.717, 1.165) is 6.54 Å². The maximum absolute atomic E-state index is 4.51. The smallest absolute Gasteiger partial charge is 0.0441 e. The Balaban J connectivity index is 2.14. The van der Waals surface area contributed by atoms with Gasteiger partial charge in [0.25, 0.3) is 0 Å². The fourth-order valence-electron chi connectivity index (χ4n) is 2.95. The minimum Gasteiger partial charge on any atom is -0.314 e. The van der Waals surface area contributed by atoms with E-state index in [2.05, 4.69) is 43.2 Å². The van der Waals surface area contributed by atoms with Crippen LogP contribution >= 0.6 is 0 Å². The van der Waals surface area contributed by atoms with Crippen LogP contribution in [-0.4, -0.2) is 17.6 Å². The molecule has 1 aliphatic rings. The van der Waals surface area contributed by atoms with E-state index < -0.39 is 0 Å². The van der Waals surface area contributed by atoms with E-state index >= 15 is 0 Å². The molecule has 0 saturated heterocycles. The van der Waals surface area contributed by atoms with Gasteiger partial charge in [0.1, 0.15) is 0 Å². The van der Waals surface area contributed by atoms with Gasteiger partial charge in [0, 0.05) is 23.9 Å². The quantitative estimate of drug-likeness (QED) is 0.840. The summed E-state index contributed by atoms with van der Waals surface area (Å²) < 4.78 is 0. The maximum atomic E-state index is 4.51. The lowest BCUT2D eigenvalue weighted by atomic mass is 9.55. The summed E-state index contributed by atoms with van der Waals surface area (Å²) in [5.41, 5.74) is 1.64. The lowest BCUT2D eigenvalue weighted by molar-refractivity contribution is 0.0431. The van der Waals surface area contributed by atoms with E-state index in [-0.39, 0.29) is 0 Å². The lowest BCUT2D eigenvalue weighted by Crippen LogP contribution is -2.56. The molecule has 0 radical (unpaired) electrons. The van der Waals surface area contributed by atoms with Gasteiger partial charge in [-0.25, -0.2) is 0 Å². The molecule has 1 saturated carbocycles. The third-order valence-electron chi connectivity index (χ3n) is 4.32. The third-order valence-corrected chi connectivity index (χ3v) is 4.32. The second-order valence-corrected chi connectivity index (χ2v) is 5.01. The van der Waals surface area contributed by atoms with Gasteiger partial charge in [0.15, 0.2) is 0 Å². The zero-order valence-electron chi connectivity index (χ0n) is 10.5. The first-order chi connectivity index (χ1) is 7.72. The zero-order chi connectivity index (χ0) is 11.6. The van der Waals surface area contributed by atoms with Crippen LogP contribution in [0.4, 0.5) is 0 Å². The molecule has 88 valence electrons. The first-order valence-electron chi connectivity index (χ1n) is 6.36. The zero-order valence-corrected chi connectivity index (χ0v) is 10.5. The minimum absolute atomic E-state index is 0.379. The van der Waals surface area contributed by atoms with Gasteiger partial charge in [-0.3, -0.25) is 4.98 Å². The summed E-state index contributed by atoms with van der Waals surface area (Å²) in [4.78, 5) is 4.51. The molecule has 16 heavy (non-hydrogen) atoms. The van der Waals surface area contributed by atoms with Crippen molar-refractivity contribution >= 4 is 0 Å². The molecule has 1 aliphatic carbocycles. The predicted octanol–water partition coefficient (Wildman–Crippen LogP) is 2.96. The van der Waals surface area contributed by atoms with Crippen molar-refractivity contribution in [2.45, 2.75) is 45.6 Å². The normalized spacial score (nSPS) is 33.4. The van der Waals surface area contributed by atoms with E-state index in [0.29, 0.717) is 17.4 Å². The Labute approximate surface area is 98.5 Å². The van der Waals surface area contributed by atoms with E-state index in [1.807, 2.05) is 12.3 Å².